The molecule has 3 N–H and O–H groups in total. The van der Waals surface area contributed by atoms with E-state index in [0.717, 1.165) is 25.8 Å². The second-order valence-corrected chi connectivity index (χ2v) is 5.37. The van der Waals surface area contributed by atoms with E-state index in [1.807, 2.05) is 11.8 Å². The lowest BCUT2D eigenvalue weighted by atomic mass is 9.95. The average Bonchev–Trinajstić information content (AvgIpc) is 2.41. The molecular weight excluding hydrogens is 240 g/mol. The fraction of sp³-hybridized carbons (Fsp3) is 0.533. The van der Waals surface area contributed by atoms with Gasteiger partial charge in [0.2, 0.25) is 0 Å². The van der Waals surface area contributed by atoms with Crippen molar-refractivity contribution in [3.05, 3.63) is 29.3 Å². The molecule has 1 saturated heterocycles. The maximum atomic E-state index is 12.6. The topological polar surface area (TPSA) is 66.6 Å². The molecule has 1 fully saturated rings. The molecule has 19 heavy (non-hydrogen) atoms. The van der Waals surface area contributed by atoms with E-state index in [1.54, 1.807) is 25.1 Å². The van der Waals surface area contributed by atoms with Crippen LogP contribution >= 0.6 is 0 Å². The first-order chi connectivity index (χ1) is 9.02. The maximum absolute atomic E-state index is 12.6. The minimum absolute atomic E-state index is 0.0181. The normalized spacial score (nSPS) is 21.2. The van der Waals surface area contributed by atoms with Gasteiger partial charge in [-0.05, 0) is 45.2 Å². The first kappa shape index (κ1) is 13.9. The first-order valence-electron chi connectivity index (χ1n) is 6.87. The van der Waals surface area contributed by atoms with Crippen LogP contribution in [0.15, 0.2) is 18.2 Å². The fourth-order valence-corrected chi connectivity index (χ4v) is 2.77. The summed E-state index contributed by atoms with van der Waals surface area (Å²) in [6, 6.07) is 5.15. The number of nitrogens with zero attached hydrogens (tertiary/aromatic N) is 1. The lowest BCUT2D eigenvalue weighted by Crippen LogP contribution is -2.51. The molecule has 2 unspecified atom stereocenters. The molecular formula is C15H22N2O2. The second-order valence-electron chi connectivity index (χ2n) is 5.37. The van der Waals surface area contributed by atoms with Crippen LogP contribution in [-0.2, 0) is 0 Å². The van der Waals surface area contributed by atoms with Gasteiger partial charge >= 0.3 is 0 Å². The Bertz CT molecular complexity index is 471. The molecule has 1 heterocycles. The standard InChI is InChI=1S/C15H22N2O2/c1-10-12(6-5-8-14(10)18)15(19)17-9-4-3-7-13(17)11(2)16/h5-6,8,11,13,18H,3-4,7,9,16H2,1-2H3. The SMILES string of the molecule is Cc1c(O)cccc1C(=O)N1CCCCC1C(C)N. The summed E-state index contributed by atoms with van der Waals surface area (Å²) >= 11 is 0. The van der Waals surface area contributed by atoms with Gasteiger partial charge in [-0.25, -0.2) is 0 Å². The number of hydrogen-bond acceptors (Lipinski definition) is 3. The van der Waals surface area contributed by atoms with Crippen LogP contribution in [0.1, 0.15) is 42.1 Å². The summed E-state index contributed by atoms with van der Waals surface area (Å²) in [4.78, 5) is 14.5. The monoisotopic (exact) mass is 262 g/mol. The summed E-state index contributed by atoms with van der Waals surface area (Å²) in [5, 5.41) is 9.73. The Hall–Kier alpha value is -1.55. The molecule has 1 aromatic carbocycles. The van der Waals surface area contributed by atoms with Gasteiger partial charge in [0, 0.05) is 29.8 Å². The van der Waals surface area contributed by atoms with E-state index in [4.69, 9.17) is 5.73 Å². The Labute approximate surface area is 114 Å². The van der Waals surface area contributed by atoms with Gasteiger partial charge in [0.15, 0.2) is 0 Å². The molecule has 0 spiro atoms. The minimum atomic E-state index is -0.0261. The van der Waals surface area contributed by atoms with Crippen molar-refractivity contribution in [2.45, 2.75) is 45.2 Å². The molecule has 4 heteroatoms. The summed E-state index contributed by atoms with van der Waals surface area (Å²) < 4.78 is 0. The van der Waals surface area contributed by atoms with Crippen LogP contribution in [0.3, 0.4) is 0 Å². The lowest BCUT2D eigenvalue weighted by molar-refractivity contribution is 0.0582. The number of likely N-dealkylation sites (tertiary alicyclic amines) is 1. The van der Waals surface area contributed by atoms with Crippen molar-refractivity contribution in [3.63, 3.8) is 0 Å². The molecule has 0 aromatic heterocycles. The predicted octanol–water partition coefficient (Wildman–Crippen LogP) is 2.04. The molecule has 1 amide bonds. The van der Waals surface area contributed by atoms with Crippen LogP contribution in [0.25, 0.3) is 0 Å². The van der Waals surface area contributed by atoms with Crippen molar-refractivity contribution >= 4 is 5.91 Å². The molecule has 4 nitrogen and oxygen atoms in total. The molecule has 0 bridgehead atoms. The molecule has 2 rings (SSSR count). The fourth-order valence-electron chi connectivity index (χ4n) is 2.77. The highest BCUT2D eigenvalue weighted by Gasteiger charge is 2.30. The highest BCUT2D eigenvalue weighted by atomic mass is 16.3. The third-order valence-electron chi connectivity index (χ3n) is 3.95. The van der Waals surface area contributed by atoms with E-state index in [0.29, 0.717) is 11.1 Å². The van der Waals surface area contributed by atoms with Crippen molar-refractivity contribution in [3.8, 4) is 5.75 Å². The van der Waals surface area contributed by atoms with Crippen molar-refractivity contribution in [1.29, 1.82) is 0 Å². The molecule has 104 valence electrons. The predicted molar refractivity (Wildman–Crippen MR) is 75.2 cm³/mol. The van der Waals surface area contributed by atoms with E-state index in [2.05, 4.69) is 0 Å². The third kappa shape index (κ3) is 2.73. The Kier molecular flexibility index (Phi) is 4.10. The number of phenols is 1. The molecule has 1 aliphatic rings. The van der Waals surface area contributed by atoms with Gasteiger partial charge in [-0.1, -0.05) is 6.07 Å². The third-order valence-corrected chi connectivity index (χ3v) is 3.95. The number of carbonyl (C=O) groups is 1. The van der Waals surface area contributed by atoms with Gasteiger partial charge in [-0.3, -0.25) is 4.79 Å². The molecule has 1 aliphatic heterocycles. The van der Waals surface area contributed by atoms with Gasteiger partial charge in [-0.15, -0.1) is 0 Å². The summed E-state index contributed by atoms with van der Waals surface area (Å²) in [7, 11) is 0. The number of benzene rings is 1. The van der Waals surface area contributed by atoms with E-state index < -0.39 is 0 Å². The van der Waals surface area contributed by atoms with Crippen LogP contribution in [0.4, 0.5) is 0 Å². The van der Waals surface area contributed by atoms with Gasteiger partial charge < -0.3 is 15.7 Å². The van der Waals surface area contributed by atoms with Gasteiger partial charge in [-0.2, -0.15) is 0 Å². The Morgan fingerprint density at radius 2 is 2.21 bits per heavy atom. The summed E-state index contributed by atoms with van der Waals surface area (Å²) in [5.74, 6) is 0.149. The zero-order valence-corrected chi connectivity index (χ0v) is 11.6. The Balaban J connectivity index is 2.29. The quantitative estimate of drug-likeness (QED) is 0.857. The highest BCUT2D eigenvalue weighted by molar-refractivity contribution is 5.96. The van der Waals surface area contributed by atoms with Crippen molar-refractivity contribution in [2.75, 3.05) is 6.54 Å². The molecule has 2 atom stereocenters. The second kappa shape index (κ2) is 5.61. The highest BCUT2D eigenvalue weighted by Crippen LogP contribution is 2.25. The molecule has 0 aliphatic carbocycles. The number of piperidine rings is 1. The number of nitrogens with two attached hydrogens (primary N) is 1. The summed E-state index contributed by atoms with van der Waals surface area (Å²) in [6.07, 6.45) is 3.10. The van der Waals surface area contributed by atoms with E-state index in [-0.39, 0.29) is 23.7 Å². The van der Waals surface area contributed by atoms with Gasteiger partial charge in [0.1, 0.15) is 5.75 Å². The first-order valence-corrected chi connectivity index (χ1v) is 6.87. The molecule has 0 radical (unpaired) electrons. The number of amides is 1. The van der Waals surface area contributed by atoms with E-state index in [9.17, 15) is 9.90 Å². The van der Waals surface area contributed by atoms with Crippen molar-refractivity contribution < 1.29 is 9.90 Å². The molecule has 1 aromatic rings. The maximum Gasteiger partial charge on any atom is 0.254 e. The van der Waals surface area contributed by atoms with E-state index >= 15 is 0 Å². The van der Waals surface area contributed by atoms with Crippen molar-refractivity contribution in [2.24, 2.45) is 5.73 Å². The number of hydrogen-bond donors (Lipinski definition) is 2. The number of aromatic hydroxyl groups is 1. The Morgan fingerprint density at radius 1 is 1.47 bits per heavy atom. The summed E-state index contributed by atoms with van der Waals surface area (Å²) in [6.45, 7) is 4.47. The number of rotatable bonds is 2. The van der Waals surface area contributed by atoms with Gasteiger partial charge in [0.25, 0.3) is 5.91 Å². The summed E-state index contributed by atoms with van der Waals surface area (Å²) in [5.41, 5.74) is 7.21. The number of carbonyl (C=O) groups excluding carboxylic acids is 1. The molecule has 0 saturated carbocycles. The van der Waals surface area contributed by atoms with E-state index in [1.165, 1.54) is 0 Å². The van der Waals surface area contributed by atoms with Crippen molar-refractivity contribution in [1.82, 2.24) is 4.90 Å². The van der Waals surface area contributed by atoms with Crippen LogP contribution in [0.5, 0.6) is 5.75 Å². The zero-order valence-electron chi connectivity index (χ0n) is 11.6. The van der Waals surface area contributed by atoms with Crippen LogP contribution in [0, 0.1) is 6.92 Å². The smallest absolute Gasteiger partial charge is 0.254 e. The number of phenolic OH excluding ortho intramolecular Hbond substituents is 1. The van der Waals surface area contributed by atoms with Crippen LogP contribution in [-0.4, -0.2) is 34.5 Å². The van der Waals surface area contributed by atoms with Gasteiger partial charge in [0.05, 0.1) is 0 Å². The lowest BCUT2D eigenvalue weighted by Gasteiger charge is -2.38. The van der Waals surface area contributed by atoms with Crippen LogP contribution < -0.4 is 5.73 Å². The minimum Gasteiger partial charge on any atom is -0.508 e. The average molecular weight is 262 g/mol. The largest absolute Gasteiger partial charge is 0.508 e. The zero-order chi connectivity index (χ0) is 14.0. The van der Waals surface area contributed by atoms with Crippen LogP contribution in [0.2, 0.25) is 0 Å². The Morgan fingerprint density at radius 3 is 2.89 bits per heavy atom.